The Labute approximate surface area is 112 Å². The number of rotatable bonds is 6. The largest absolute Gasteiger partial charge is 0.481 e. The van der Waals surface area contributed by atoms with Crippen LogP contribution in [0.25, 0.3) is 0 Å². The van der Waals surface area contributed by atoms with Crippen molar-refractivity contribution in [2.24, 2.45) is 0 Å². The summed E-state index contributed by atoms with van der Waals surface area (Å²) in [7, 11) is 1.33. The van der Waals surface area contributed by atoms with Gasteiger partial charge in [-0.3, -0.25) is 4.79 Å². The molecule has 0 aliphatic rings. The van der Waals surface area contributed by atoms with E-state index < -0.39 is 12.1 Å². The van der Waals surface area contributed by atoms with Crippen LogP contribution in [0.3, 0.4) is 0 Å². The first-order chi connectivity index (χ1) is 9.08. The minimum Gasteiger partial charge on any atom is -0.481 e. The van der Waals surface area contributed by atoms with Crippen LogP contribution in [-0.2, 0) is 9.53 Å². The number of amides is 1. The van der Waals surface area contributed by atoms with Gasteiger partial charge in [-0.2, -0.15) is 0 Å². The van der Waals surface area contributed by atoms with Gasteiger partial charge in [-0.25, -0.2) is 4.79 Å². The SMILES string of the molecule is CCCNC(=O)C(C)Oc1ccc(C(=O)OC)cc1. The molecule has 1 amide bonds. The van der Waals surface area contributed by atoms with E-state index in [1.165, 1.54) is 7.11 Å². The monoisotopic (exact) mass is 265 g/mol. The molecule has 19 heavy (non-hydrogen) atoms. The standard InChI is InChI=1S/C14H19NO4/c1-4-9-15-13(16)10(2)19-12-7-5-11(6-8-12)14(17)18-3/h5-8,10H,4,9H2,1-3H3,(H,15,16). The number of hydrogen-bond acceptors (Lipinski definition) is 4. The zero-order valence-corrected chi connectivity index (χ0v) is 11.4. The number of nitrogens with one attached hydrogen (secondary N) is 1. The summed E-state index contributed by atoms with van der Waals surface area (Å²) in [5, 5.41) is 2.75. The summed E-state index contributed by atoms with van der Waals surface area (Å²) in [6.07, 6.45) is 0.308. The van der Waals surface area contributed by atoms with Gasteiger partial charge in [0.2, 0.25) is 0 Å². The van der Waals surface area contributed by atoms with Crippen LogP contribution in [0.4, 0.5) is 0 Å². The molecule has 1 aromatic rings. The van der Waals surface area contributed by atoms with Crippen LogP contribution in [-0.4, -0.2) is 31.6 Å². The van der Waals surface area contributed by atoms with Crippen molar-refractivity contribution in [2.75, 3.05) is 13.7 Å². The van der Waals surface area contributed by atoms with Gasteiger partial charge >= 0.3 is 5.97 Å². The Morgan fingerprint density at radius 2 is 1.89 bits per heavy atom. The minimum absolute atomic E-state index is 0.154. The van der Waals surface area contributed by atoms with Crippen LogP contribution in [0.1, 0.15) is 30.6 Å². The van der Waals surface area contributed by atoms with E-state index in [0.717, 1.165) is 6.42 Å². The molecule has 1 unspecified atom stereocenters. The molecule has 1 N–H and O–H groups in total. The Morgan fingerprint density at radius 3 is 2.42 bits per heavy atom. The summed E-state index contributed by atoms with van der Waals surface area (Å²) >= 11 is 0. The van der Waals surface area contributed by atoms with Crippen molar-refractivity contribution in [1.82, 2.24) is 5.32 Å². The highest BCUT2D eigenvalue weighted by Crippen LogP contribution is 2.14. The number of hydrogen-bond donors (Lipinski definition) is 1. The zero-order chi connectivity index (χ0) is 14.3. The molecule has 0 fully saturated rings. The Balaban J connectivity index is 2.57. The minimum atomic E-state index is -0.574. The smallest absolute Gasteiger partial charge is 0.337 e. The first kappa shape index (κ1) is 15.0. The molecule has 5 heteroatoms. The maximum absolute atomic E-state index is 11.6. The quantitative estimate of drug-likeness (QED) is 0.796. The molecule has 0 aromatic heterocycles. The van der Waals surface area contributed by atoms with Gasteiger partial charge in [0.25, 0.3) is 5.91 Å². The molecule has 5 nitrogen and oxygen atoms in total. The second-order valence-electron chi connectivity index (χ2n) is 4.07. The molecule has 1 aromatic carbocycles. The lowest BCUT2D eigenvalue weighted by molar-refractivity contribution is -0.127. The molecule has 0 saturated heterocycles. The van der Waals surface area contributed by atoms with Crippen LogP contribution < -0.4 is 10.1 Å². The highest BCUT2D eigenvalue weighted by atomic mass is 16.5. The predicted octanol–water partition coefficient (Wildman–Crippen LogP) is 1.77. The Hall–Kier alpha value is -2.04. The second kappa shape index (κ2) is 7.41. The van der Waals surface area contributed by atoms with E-state index in [4.69, 9.17) is 4.74 Å². The van der Waals surface area contributed by atoms with Crippen molar-refractivity contribution in [2.45, 2.75) is 26.4 Å². The van der Waals surface area contributed by atoms with Gasteiger partial charge in [-0.05, 0) is 37.6 Å². The molecular weight excluding hydrogens is 246 g/mol. The average molecular weight is 265 g/mol. The van der Waals surface area contributed by atoms with Crippen LogP contribution in [0.5, 0.6) is 5.75 Å². The summed E-state index contributed by atoms with van der Waals surface area (Å²) in [5.41, 5.74) is 0.443. The van der Waals surface area contributed by atoms with E-state index in [0.29, 0.717) is 17.9 Å². The average Bonchev–Trinajstić information content (AvgIpc) is 2.44. The van der Waals surface area contributed by atoms with Crippen molar-refractivity contribution in [3.05, 3.63) is 29.8 Å². The van der Waals surface area contributed by atoms with E-state index in [1.807, 2.05) is 6.92 Å². The number of carbonyl (C=O) groups is 2. The second-order valence-corrected chi connectivity index (χ2v) is 4.07. The van der Waals surface area contributed by atoms with E-state index in [-0.39, 0.29) is 5.91 Å². The Bertz CT molecular complexity index is 428. The highest BCUT2D eigenvalue weighted by molar-refractivity contribution is 5.89. The van der Waals surface area contributed by atoms with Gasteiger partial charge in [0.05, 0.1) is 12.7 Å². The lowest BCUT2D eigenvalue weighted by Gasteiger charge is -2.14. The molecule has 0 bridgehead atoms. The number of benzene rings is 1. The summed E-state index contributed by atoms with van der Waals surface area (Å²) in [4.78, 5) is 22.9. The molecule has 1 rings (SSSR count). The van der Waals surface area contributed by atoms with Gasteiger partial charge in [0.1, 0.15) is 5.75 Å². The summed E-state index contributed by atoms with van der Waals surface area (Å²) in [5.74, 6) is -0.0222. The van der Waals surface area contributed by atoms with Crippen LogP contribution in [0.2, 0.25) is 0 Å². The molecular formula is C14H19NO4. The zero-order valence-electron chi connectivity index (χ0n) is 11.4. The molecule has 0 spiro atoms. The summed E-state index contributed by atoms with van der Waals surface area (Å²) < 4.78 is 10.1. The van der Waals surface area contributed by atoms with Crippen molar-refractivity contribution in [3.63, 3.8) is 0 Å². The van der Waals surface area contributed by atoms with Gasteiger partial charge in [-0.15, -0.1) is 0 Å². The molecule has 0 aliphatic heterocycles. The molecule has 1 atom stereocenters. The van der Waals surface area contributed by atoms with Gasteiger partial charge in [-0.1, -0.05) is 6.92 Å². The fraction of sp³-hybridized carbons (Fsp3) is 0.429. The van der Waals surface area contributed by atoms with E-state index in [2.05, 4.69) is 10.1 Å². The third kappa shape index (κ3) is 4.62. The Kier molecular flexibility index (Phi) is 5.85. The number of carbonyl (C=O) groups excluding carboxylic acids is 2. The maximum atomic E-state index is 11.6. The first-order valence-electron chi connectivity index (χ1n) is 6.21. The topological polar surface area (TPSA) is 64.6 Å². The molecule has 0 heterocycles. The van der Waals surface area contributed by atoms with Crippen LogP contribution in [0.15, 0.2) is 24.3 Å². The van der Waals surface area contributed by atoms with Crippen LogP contribution in [0, 0.1) is 0 Å². The fourth-order valence-electron chi connectivity index (χ4n) is 1.44. The van der Waals surface area contributed by atoms with Crippen molar-refractivity contribution < 1.29 is 19.1 Å². The van der Waals surface area contributed by atoms with Gasteiger partial charge in [0, 0.05) is 6.54 Å². The first-order valence-corrected chi connectivity index (χ1v) is 6.21. The van der Waals surface area contributed by atoms with E-state index in [9.17, 15) is 9.59 Å². The third-order valence-electron chi connectivity index (χ3n) is 2.51. The van der Waals surface area contributed by atoms with E-state index >= 15 is 0 Å². The normalized spacial score (nSPS) is 11.5. The summed E-state index contributed by atoms with van der Waals surface area (Å²) in [6, 6.07) is 6.46. The molecule has 0 radical (unpaired) electrons. The number of esters is 1. The van der Waals surface area contributed by atoms with Crippen LogP contribution >= 0.6 is 0 Å². The molecule has 0 saturated carbocycles. The van der Waals surface area contributed by atoms with Gasteiger partial charge < -0.3 is 14.8 Å². The summed E-state index contributed by atoms with van der Waals surface area (Å²) in [6.45, 7) is 4.30. The maximum Gasteiger partial charge on any atom is 0.337 e. The third-order valence-corrected chi connectivity index (χ3v) is 2.51. The Morgan fingerprint density at radius 1 is 1.26 bits per heavy atom. The predicted molar refractivity (Wildman–Crippen MR) is 71.2 cm³/mol. The van der Waals surface area contributed by atoms with Crippen molar-refractivity contribution in [1.29, 1.82) is 0 Å². The molecule has 0 aliphatic carbocycles. The number of ether oxygens (including phenoxy) is 2. The number of methoxy groups -OCH3 is 1. The van der Waals surface area contributed by atoms with E-state index in [1.54, 1.807) is 31.2 Å². The van der Waals surface area contributed by atoms with Gasteiger partial charge in [0.15, 0.2) is 6.10 Å². The lowest BCUT2D eigenvalue weighted by atomic mass is 10.2. The molecule has 104 valence electrons. The fourth-order valence-corrected chi connectivity index (χ4v) is 1.44. The van der Waals surface area contributed by atoms with Crippen molar-refractivity contribution in [3.8, 4) is 5.75 Å². The van der Waals surface area contributed by atoms with Crippen molar-refractivity contribution >= 4 is 11.9 Å². The lowest BCUT2D eigenvalue weighted by Crippen LogP contribution is -2.36. The highest BCUT2D eigenvalue weighted by Gasteiger charge is 2.14.